The molecule has 0 radical (unpaired) electrons. The first-order valence-electron chi connectivity index (χ1n) is 10.9. The normalized spacial score (nSPS) is 12.4. The first kappa shape index (κ1) is 25.2. The molecule has 176 valence electrons. The first-order chi connectivity index (χ1) is 14.9. The average Bonchev–Trinajstić information content (AvgIpc) is 2.69. The molecule has 0 spiro atoms. The van der Waals surface area contributed by atoms with Crippen LogP contribution in [-0.2, 0) is 17.9 Å². The predicted octanol–water partition coefficient (Wildman–Crippen LogP) is 4.35. The van der Waals surface area contributed by atoms with Gasteiger partial charge >= 0.3 is 6.09 Å². The summed E-state index contributed by atoms with van der Waals surface area (Å²) >= 11 is 0. The molecule has 0 bridgehead atoms. The van der Waals surface area contributed by atoms with Crippen LogP contribution in [-0.4, -0.2) is 34.3 Å². The molecule has 1 unspecified atom stereocenters. The van der Waals surface area contributed by atoms with Crippen molar-refractivity contribution >= 4 is 22.6 Å². The van der Waals surface area contributed by atoms with Gasteiger partial charge in [0.25, 0.3) is 5.56 Å². The zero-order valence-corrected chi connectivity index (χ0v) is 19.8. The van der Waals surface area contributed by atoms with Crippen LogP contribution in [0, 0.1) is 5.41 Å². The summed E-state index contributed by atoms with van der Waals surface area (Å²) in [6.07, 6.45) is -0.0891. The number of fused-ring (bicyclic) bond motifs is 1. The summed E-state index contributed by atoms with van der Waals surface area (Å²) in [5, 5.41) is 12.5. The fraction of sp³-hybridized carbons (Fsp3) is 0.542. The zero-order chi connectivity index (χ0) is 24.1. The van der Waals surface area contributed by atoms with E-state index in [-0.39, 0.29) is 23.3 Å². The number of carbonyl (C=O) groups excluding carboxylic acids is 1. The van der Waals surface area contributed by atoms with Gasteiger partial charge in [0.15, 0.2) is 11.9 Å². The molecule has 1 aromatic carbocycles. The van der Waals surface area contributed by atoms with E-state index in [2.05, 4.69) is 5.32 Å². The Bertz CT molecular complexity index is 1040. The molecule has 0 aliphatic heterocycles. The van der Waals surface area contributed by atoms with Crippen LogP contribution in [0.5, 0.6) is 11.5 Å². The molecule has 0 saturated heterocycles. The summed E-state index contributed by atoms with van der Waals surface area (Å²) in [6.45, 7) is 11.9. The molecule has 32 heavy (non-hydrogen) atoms. The standard InChI is InChI=1S/C24H34N2O6/c1-7-8-11-31-21-19-12-17(32-16(3)15(2)27)9-10-18(19)22(28)26(14-24(4,5)6)20(21)13-25-23(29)30/h9-10,12,16,25H,7-8,11,13-14H2,1-6H3,(H,29,30). The van der Waals surface area contributed by atoms with Gasteiger partial charge in [-0.05, 0) is 43.9 Å². The third-order valence-corrected chi connectivity index (χ3v) is 4.97. The molecule has 0 saturated carbocycles. The van der Waals surface area contributed by atoms with Crippen LogP contribution in [0.3, 0.4) is 0 Å². The molecule has 2 rings (SSSR count). The minimum Gasteiger partial charge on any atom is -0.491 e. The minimum absolute atomic E-state index is 0.0764. The summed E-state index contributed by atoms with van der Waals surface area (Å²) in [7, 11) is 0. The largest absolute Gasteiger partial charge is 0.491 e. The van der Waals surface area contributed by atoms with E-state index < -0.39 is 12.2 Å². The van der Waals surface area contributed by atoms with E-state index in [4.69, 9.17) is 9.47 Å². The minimum atomic E-state index is -1.19. The Hall–Kier alpha value is -3.03. The highest BCUT2D eigenvalue weighted by Crippen LogP contribution is 2.33. The zero-order valence-electron chi connectivity index (χ0n) is 19.8. The maximum Gasteiger partial charge on any atom is 0.404 e. The molecule has 1 amide bonds. The molecule has 1 heterocycles. The van der Waals surface area contributed by atoms with Crippen molar-refractivity contribution < 1.29 is 24.2 Å². The van der Waals surface area contributed by atoms with Gasteiger partial charge in [-0.1, -0.05) is 34.1 Å². The van der Waals surface area contributed by atoms with Gasteiger partial charge in [-0.2, -0.15) is 0 Å². The fourth-order valence-electron chi connectivity index (χ4n) is 3.26. The summed E-state index contributed by atoms with van der Waals surface area (Å²) in [6, 6.07) is 5.01. The van der Waals surface area contributed by atoms with Gasteiger partial charge in [-0.25, -0.2) is 4.79 Å². The van der Waals surface area contributed by atoms with Crippen molar-refractivity contribution in [2.75, 3.05) is 6.61 Å². The Labute approximate surface area is 188 Å². The average molecular weight is 447 g/mol. The van der Waals surface area contributed by atoms with Crippen LogP contribution in [0.2, 0.25) is 0 Å². The third kappa shape index (κ3) is 6.48. The molecular weight excluding hydrogens is 412 g/mol. The second-order valence-corrected chi connectivity index (χ2v) is 9.17. The smallest absolute Gasteiger partial charge is 0.404 e. The monoisotopic (exact) mass is 446 g/mol. The van der Waals surface area contributed by atoms with E-state index in [0.29, 0.717) is 41.1 Å². The molecule has 0 aliphatic carbocycles. The van der Waals surface area contributed by atoms with Crippen LogP contribution < -0.4 is 20.3 Å². The van der Waals surface area contributed by atoms with E-state index >= 15 is 0 Å². The number of ketones is 1. The van der Waals surface area contributed by atoms with E-state index in [0.717, 1.165) is 12.8 Å². The highest BCUT2D eigenvalue weighted by Gasteiger charge is 2.23. The summed E-state index contributed by atoms with van der Waals surface area (Å²) in [5.41, 5.74) is 0.00896. The Kier molecular flexibility index (Phi) is 8.30. The molecule has 0 fully saturated rings. The lowest BCUT2D eigenvalue weighted by atomic mass is 9.96. The maximum atomic E-state index is 13.4. The number of amides is 1. The van der Waals surface area contributed by atoms with Crippen molar-refractivity contribution in [3.8, 4) is 11.5 Å². The number of aromatic nitrogens is 1. The lowest BCUT2D eigenvalue weighted by Gasteiger charge is -2.25. The number of carboxylic acid groups (broad SMARTS) is 1. The Morgan fingerprint density at radius 3 is 2.47 bits per heavy atom. The highest BCUT2D eigenvalue weighted by molar-refractivity contribution is 5.90. The summed E-state index contributed by atoms with van der Waals surface area (Å²) < 4.78 is 13.5. The van der Waals surface area contributed by atoms with Crippen LogP contribution >= 0.6 is 0 Å². The lowest BCUT2D eigenvalue weighted by molar-refractivity contribution is -0.122. The first-order valence-corrected chi connectivity index (χ1v) is 10.9. The van der Waals surface area contributed by atoms with Gasteiger partial charge in [-0.3, -0.25) is 9.59 Å². The predicted molar refractivity (Wildman–Crippen MR) is 124 cm³/mol. The van der Waals surface area contributed by atoms with Gasteiger partial charge < -0.3 is 24.5 Å². The molecule has 2 N–H and O–H groups in total. The molecule has 1 aromatic heterocycles. The van der Waals surface area contributed by atoms with Crippen LogP contribution in [0.4, 0.5) is 4.79 Å². The number of hydrogen-bond donors (Lipinski definition) is 2. The van der Waals surface area contributed by atoms with E-state index in [1.54, 1.807) is 29.7 Å². The van der Waals surface area contributed by atoms with Crippen molar-refractivity contribution in [1.29, 1.82) is 0 Å². The van der Waals surface area contributed by atoms with E-state index in [1.807, 2.05) is 27.7 Å². The number of Topliss-reactive ketones (excluding diaryl/α,β-unsaturated/α-hetero) is 1. The van der Waals surface area contributed by atoms with E-state index in [1.165, 1.54) is 6.92 Å². The molecule has 1 atom stereocenters. The number of unbranched alkanes of at least 4 members (excludes halogenated alkanes) is 1. The van der Waals surface area contributed by atoms with Crippen LogP contribution in [0.1, 0.15) is 60.1 Å². The quantitative estimate of drug-likeness (QED) is 0.526. The summed E-state index contributed by atoms with van der Waals surface area (Å²) in [4.78, 5) is 36.3. The number of benzene rings is 1. The van der Waals surface area contributed by atoms with Crippen LogP contribution in [0.15, 0.2) is 23.0 Å². The lowest BCUT2D eigenvalue weighted by Crippen LogP contribution is -2.33. The van der Waals surface area contributed by atoms with Gasteiger partial charge in [0, 0.05) is 11.9 Å². The second-order valence-electron chi connectivity index (χ2n) is 9.17. The number of nitrogens with one attached hydrogen (secondary N) is 1. The van der Waals surface area contributed by atoms with Crippen molar-refractivity contribution in [1.82, 2.24) is 9.88 Å². The number of ether oxygens (including phenoxy) is 2. The molecule has 2 aromatic rings. The third-order valence-electron chi connectivity index (χ3n) is 4.97. The number of rotatable bonds is 10. The Balaban J connectivity index is 2.76. The molecule has 8 heteroatoms. The van der Waals surface area contributed by atoms with Crippen molar-refractivity contribution in [3.05, 3.63) is 34.2 Å². The second kappa shape index (κ2) is 10.5. The van der Waals surface area contributed by atoms with Crippen LogP contribution in [0.25, 0.3) is 10.8 Å². The van der Waals surface area contributed by atoms with Crippen molar-refractivity contribution in [2.45, 2.75) is 73.6 Å². The molecule has 0 aliphatic rings. The van der Waals surface area contributed by atoms with Gasteiger partial charge in [0.1, 0.15) is 11.5 Å². The number of nitrogens with zero attached hydrogens (tertiary/aromatic N) is 1. The number of hydrogen-bond acceptors (Lipinski definition) is 5. The maximum absolute atomic E-state index is 13.4. The van der Waals surface area contributed by atoms with Crippen molar-refractivity contribution in [3.63, 3.8) is 0 Å². The van der Waals surface area contributed by atoms with Gasteiger partial charge in [0.2, 0.25) is 0 Å². The van der Waals surface area contributed by atoms with E-state index in [9.17, 15) is 19.5 Å². The number of carbonyl (C=O) groups is 2. The van der Waals surface area contributed by atoms with Gasteiger partial charge in [0.05, 0.1) is 24.2 Å². The molecule has 8 nitrogen and oxygen atoms in total. The molecular formula is C24H34N2O6. The Morgan fingerprint density at radius 2 is 1.91 bits per heavy atom. The number of pyridine rings is 1. The Morgan fingerprint density at radius 1 is 1.22 bits per heavy atom. The fourth-order valence-corrected chi connectivity index (χ4v) is 3.26. The SMILES string of the molecule is CCCCOc1c(CNC(=O)O)n(CC(C)(C)C)c(=O)c2ccc(OC(C)C(C)=O)cc12. The van der Waals surface area contributed by atoms with Crippen molar-refractivity contribution in [2.24, 2.45) is 5.41 Å². The summed E-state index contributed by atoms with van der Waals surface area (Å²) in [5.74, 6) is 0.772. The topological polar surface area (TPSA) is 107 Å². The van der Waals surface area contributed by atoms with Gasteiger partial charge in [-0.15, -0.1) is 0 Å². The highest BCUT2D eigenvalue weighted by atomic mass is 16.5.